The SMILES string of the molecule is O=C(CCC1CCCC1)OCC1CN(Cc2ccccc2)CCO1. The number of benzene rings is 1. The van der Waals surface area contributed by atoms with Crippen LogP contribution in [0.2, 0.25) is 0 Å². The molecule has 132 valence electrons. The third kappa shape index (κ3) is 5.60. The molecule has 0 amide bonds. The molecule has 3 rings (SSSR count). The molecule has 1 unspecified atom stereocenters. The normalized spacial score (nSPS) is 22.6. The van der Waals surface area contributed by atoms with Gasteiger partial charge in [0.2, 0.25) is 0 Å². The molecule has 1 aromatic rings. The van der Waals surface area contributed by atoms with E-state index < -0.39 is 0 Å². The minimum absolute atomic E-state index is 0.00195. The molecule has 1 saturated heterocycles. The van der Waals surface area contributed by atoms with Crippen LogP contribution in [0.5, 0.6) is 0 Å². The van der Waals surface area contributed by atoms with Gasteiger partial charge in [0, 0.05) is 26.1 Å². The number of rotatable bonds is 7. The molecular formula is C20H29NO3. The van der Waals surface area contributed by atoms with E-state index in [1.165, 1.54) is 31.2 Å². The number of carbonyl (C=O) groups is 1. The summed E-state index contributed by atoms with van der Waals surface area (Å²) in [4.78, 5) is 14.3. The highest BCUT2D eigenvalue weighted by Crippen LogP contribution is 2.28. The fraction of sp³-hybridized carbons (Fsp3) is 0.650. The standard InChI is InChI=1S/C20H29NO3/c22-20(11-10-17-6-4-5-7-17)24-16-19-15-21(12-13-23-19)14-18-8-2-1-3-9-18/h1-3,8-9,17,19H,4-7,10-16H2. The first-order valence-electron chi connectivity index (χ1n) is 9.33. The van der Waals surface area contributed by atoms with E-state index in [0.717, 1.165) is 32.0 Å². The Kier molecular flexibility index (Phi) is 6.67. The molecule has 1 aromatic carbocycles. The summed E-state index contributed by atoms with van der Waals surface area (Å²) in [5.41, 5.74) is 1.31. The summed E-state index contributed by atoms with van der Waals surface area (Å²) in [7, 11) is 0. The maximum absolute atomic E-state index is 11.9. The Labute approximate surface area is 145 Å². The van der Waals surface area contributed by atoms with Gasteiger partial charge in [0.1, 0.15) is 12.7 Å². The van der Waals surface area contributed by atoms with Crippen LogP contribution in [0.4, 0.5) is 0 Å². The first kappa shape index (κ1) is 17.4. The van der Waals surface area contributed by atoms with Crippen LogP contribution in [-0.2, 0) is 20.8 Å². The molecule has 4 heteroatoms. The first-order chi connectivity index (χ1) is 11.8. The van der Waals surface area contributed by atoms with E-state index in [2.05, 4.69) is 29.2 Å². The summed E-state index contributed by atoms with van der Waals surface area (Å²) in [6.45, 7) is 3.77. The molecule has 1 heterocycles. The smallest absolute Gasteiger partial charge is 0.305 e. The number of hydrogen-bond donors (Lipinski definition) is 0. The van der Waals surface area contributed by atoms with Crippen molar-refractivity contribution in [2.24, 2.45) is 5.92 Å². The lowest BCUT2D eigenvalue weighted by molar-refractivity contribution is -0.151. The summed E-state index contributed by atoms with van der Waals surface area (Å²) in [6, 6.07) is 10.5. The maximum Gasteiger partial charge on any atom is 0.305 e. The molecule has 0 spiro atoms. The van der Waals surface area contributed by atoms with E-state index in [4.69, 9.17) is 9.47 Å². The number of nitrogens with zero attached hydrogens (tertiary/aromatic N) is 1. The van der Waals surface area contributed by atoms with Crippen molar-refractivity contribution in [3.05, 3.63) is 35.9 Å². The van der Waals surface area contributed by atoms with Gasteiger partial charge in [0.05, 0.1) is 6.61 Å². The Balaban J connectivity index is 1.35. The summed E-state index contributed by atoms with van der Waals surface area (Å²) >= 11 is 0. The van der Waals surface area contributed by atoms with E-state index in [1.807, 2.05) is 6.07 Å². The molecule has 1 aliphatic carbocycles. The molecule has 4 nitrogen and oxygen atoms in total. The lowest BCUT2D eigenvalue weighted by atomic mass is 10.0. The van der Waals surface area contributed by atoms with Gasteiger partial charge in [-0.15, -0.1) is 0 Å². The van der Waals surface area contributed by atoms with Crippen molar-refractivity contribution in [2.75, 3.05) is 26.3 Å². The van der Waals surface area contributed by atoms with Gasteiger partial charge in [0.15, 0.2) is 0 Å². The Morgan fingerprint density at radius 2 is 2.00 bits per heavy atom. The van der Waals surface area contributed by atoms with Crippen molar-refractivity contribution in [3.8, 4) is 0 Å². The van der Waals surface area contributed by atoms with E-state index in [0.29, 0.717) is 19.6 Å². The molecule has 0 N–H and O–H groups in total. The second-order valence-electron chi connectivity index (χ2n) is 7.09. The zero-order valence-electron chi connectivity index (χ0n) is 14.5. The van der Waals surface area contributed by atoms with Gasteiger partial charge in [0.25, 0.3) is 0 Å². The number of hydrogen-bond acceptors (Lipinski definition) is 4. The Morgan fingerprint density at radius 3 is 2.79 bits per heavy atom. The van der Waals surface area contributed by atoms with Crippen LogP contribution in [0.1, 0.15) is 44.1 Å². The Bertz CT molecular complexity index is 499. The minimum atomic E-state index is -0.0642. The largest absolute Gasteiger partial charge is 0.463 e. The van der Waals surface area contributed by atoms with Crippen molar-refractivity contribution >= 4 is 5.97 Å². The molecule has 2 fully saturated rings. The number of ether oxygens (including phenoxy) is 2. The maximum atomic E-state index is 11.9. The van der Waals surface area contributed by atoms with Gasteiger partial charge in [-0.1, -0.05) is 56.0 Å². The van der Waals surface area contributed by atoms with Gasteiger partial charge in [-0.3, -0.25) is 9.69 Å². The van der Waals surface area contributed by atoms with Crippen molar-refractivity contribution in [1.82, 2.24) is 4.90 Å². The fourth-order valence-electron chi connectivity index (χ4n) is 3.75. The predicted octanol–water partition coefficient (Wildman–Crippen LogP) is 3.40. The highest BCUT2D eigenvalue weighted by Gasteiger charge is 2.22. The van der Waals surface area contributed by atoms with Crippen LogP contribution in [0, 0.1) is 5.92 Å². The molecule has 2 aliphatic rings. The molecule has 1 aliphatic heterocycles. The Hall–Kier alpha value is -1.39. The number of carbonyl (C=O) groups excluding carboxylic acids is 1. The van der Waals surface area contributed by atoms with Crippen LogP contribution in [0.15, 0.2) is 30.3 Å². The van der Waals surface area contributed by atoms with Crippen molar-refractivity contribution in [1.29, 1.82) is 0 Å². The highest BCUT2D eigenvalue weighted by molar-refractivity contribution is 5.69. The quantitative estimate of drug-likeness (QED) is 0.718. The molecule has 0 aromatic heterocycles. The van der Waals surface area contributed by atoms with Crippen LogP contribution in [-0.4, -0.2) is 43.3 Å². The van der Waals surface area contributed by atoms with Gasteiger partial charge < -0.3 is 9.47 Å². The van der Waals surface area contributed by atoms with Crippen LogP contribution < -0.4 is 0 Å². The van der Waals surface area contributed by atoms with Gasteiger partial charge in [-0.2, -0.15) is 0 Å². The molecule has 0 bridgehead atoms. The minimum Gasteiger partial charge on any atom is -0.463 e. The second-order valence-corrected chi connectivity index (χ2v) is 7.09. The van der Waals surface area contributed by atoms with E-state index in [-0.39, 0.29) is 12.1 Å². The zero-order chi connectivity index (χ0) is 16.6. The summed E-state index contributed by atoms with van der Waals surface area (Å²) in [5.74, 6) is 0.676. The molecular weight excluding hydrogens is 302 g/mol. The summed E-state index contributed by atoms with van der Waals surface area (Å²) < 4.78 is 11.2. The monoisotopic (exact) mass is 331 g/mol. The van der Waals surface area contributed by atoms with Crippen LogP contribution >= 0.6 is 0 Å². The summed E-state index contributed by atoms with van der Waals surface area (Å²) in [5, 5.41) is 0. The lowest BCUT2D eigenvalue weighted by Gasteiger charge is -2.32. The van der Waals surface area contributed by atoms with Crippen molar-refractivity contribution in [2.45, 2.75) is 51.2 Å². The molecule has 1 atom stereocenters. The average Bonchev–Trinajstić information content (AvgIpc) is 3.13. The first-order valence-corrected chi connectivity index (χ1v) is 9.33. The average molecular weight is 331 g/mol. The highest BCUT2D eigenvalue weighted by atomic mass is 16.6. The van der Waals surface area contributed by atoms with E-state index in [1.54, 1.807) is 0 Å². The summed E-state index contributed by atoms with van der Waals surface area (Å²) in [6.07, 6.45) is 6.77. The third-order valence-electron chi connectivity index (χ3n) is 5.13. The van der Waals surface area contributed by atoms with Gasteiger partial charge in [-0.05, 0) is 17.9 Å². The third-order valence-corrected chi connectivity index (χ3v) is 5.13. The van der Waals surface area contributed by atoms with Crippen LogP contribution in [0.25, 0.3) is 0 Å². The molecule has 1 saturated carbocycles. The van der Waals surface area contributed by atoms with E-state index >= 15 is 0 Å². The van der Waals surface area contributed by atoms with Crippen LogP contribution in [0.3, 0.4) is 0 Å². The van der Waals surface area contributed by atoms with Gasteiger partial charge >= 0.3 is 5.97 Å². The van der Waals surface area contributed by atoms with E-state index in [9.17, 15) is 4.79 Å². The second kappa shape index (κ2) is 9.19. The molecule has 24 heavy (non-hydrogen) atoms. The van der Waals surface area contributed by atoms with Crippen molar-refractivity contribution in [3.63, 3.8) is 0 Å². The van der Waals surface area contributed by atoms with Crippen molar-refractivity contribution < 1.29 is 14.3 Å². The number of morpholine rings is 1. The fourth-order valence-corrected chi connectivity index (χ4v) is 3.75. The Morgan fingerprint density at radius 1 is 1.21 bits per heavy atom. The zero-order valence-corrected chi connectivity index (χ0v) is 14.5. The predicted molar refractivity (Wildman–Crippen MR) is 93.6 cm³/mol. The van der Waals surface area contributed by atoms with Gasteiger partial charge in [-0.25, -0.2) is 0 Å². The number of esters is 1. The molecule has 0 radical (unpaired) electrons. The topological polar surface area (TPSA) is 38.8 Å². The lowest BCUT2D eigenvalue weighted by Crippen LogP contribution is -2.44.